The fraction of sp³-hybridized carbons (Fsp3) is 0.500. The van der Waals surface area contributed by atoms with E-state index in [0.717, 1.165) is 0 Å². The van der Waals surface area contributed by atoms with E-state index < -0.39 is 27.9 Å². The molecule has 1 fully saturated rings. The number of nitrogens with one attached hydrogen (secondary N) is 1. The van der Waals surface area contributed by atoms with Crippen LogP contribution < -0.4 is 9.46 Å². The summed E-state index contributed by atoms with van der Waals surface area (Å²) in [6.07, 6.45) is 1.77. The van der Waals surface area contributed by atoms with Crippen molar-refractivity contribution in [2.75, 3.05) is 14.2 Å². The summed E-state index contributed by atoms with van der Waals surface area (Å²) in [6.45, 7) is 0. The van der Waals surface area contributed by atoms with E-state index in [9.17, 15) is 18.0 Å². The third-order valence-corrected chi connectivity index (χ3v) is 5.80. The second-order valence-electron chi connectivity index (χ2n) is 5.86. The van der Waals surface area contributed by atoms with Gasteiger partial charge in [-0.05, 0) is 43.9 Å². The number of aliphatic carboxylic acids is 1. The normalized spacial score (nSPS) is 20.7. The molecular formula is C16H21NO7S. The highest BCUT2D eigenvalue weighted by molar-refractivity contribution is 7.89. The summed E-state index contributed by atoms with van der Waals surface area (Å²) < 4.78 is 37.4. The first-order valence-corrected chi connectivity index (χ1v) is 9.28. The maximum absolute atomic E-state index is 12.6. The number of benzene rings is 1. The molecule has 25 heavy (non-hydrogen) atoms. The van der Waals surface area contributed by atoms with Crippen molar-refractivity contribution in [1.29, 1.82) is 0 Å². The van der Waals surface area contributed by atoms with Crippen LogP contribution >= 0.6 is 0 Å². The van der Waals surface area contributed by atoms with Gasteiger partial charge in [-0.1, -0.05) is 0 Å². The van der Waals surface area contributed by atoms with E-state index >= 15 is 0 Å². The number of esters is 1. The van der Waals surface area contributed by atoms with Crippen LogP contribution in [0, 0.1) is 5.92 Å². The Labute approximate surface area is 146 Å². The van der Waals surface area contributed by atoms with Gasteiger partial charge in [0.15, 0.2) is 0 Å². The summed E-state index contributed by atoms with van der Waals surface area (Å²) in [5.41, 5.74) is 0.0162. The topological polar surface area (TPSA) is 119 Å². The standard InChI is InChI=1S/C16H21NO7S/c1-23-14-8-7-12(9-13(14)16(20)24-2)25(21,22)17-11-5-3-10(4-6-11)15(18)19/h7-11,17H,3-6H2,1-2H3,(H,18,19). The number of carboxylic acids is 1. The lowest BCUT2D eigenvalue weighted by Gasteiger charge is -2.26. The van der Waals surface area contributed by atoms with Crippen LogP contribution in [0.15, 0.2) is 23.1 Å². The first-order chi connectivity index (χ1) is 11.8. The van der Waals surface area contributed by atoms with Crippen LogP contribution in [0.4, 0.5) is 0 Å². The zero-order chi connectivity index (χ0) is 18.6. The van der Waals surface area contributed by atoms with Crippen molar-refractivity contribution < 1.29 is 32.6 Å². The monoisotopic (exact) mass is 371 g/mol. The molecule has 1 aromatic carbocycles. The van der Waals surface area contributed by atoms with E-state index in [0.29, 0.717) is 25.7 Å². The molecule has 0 atom stereocenters. The van der Waals surface area contributed by atoms with Crippen LogP contribution in [0.3, 0.4) is 0 Å². The molecule has 0 spiro atoms. The van der Waals surface area contributed by atoms with Crippen LogP contribution in [0.5, 0.6) is 5.75 Å². The zero-order valence-electron chi connectivity index (χ0n) is 14.0. The minimum absolute atomic E-state index is 0.0162. The van der Waals surface area contributed by atoms with Gasteiger partial charge in [-0.15, -0.1) is 0 Å². The minimum Gasteiger partial charge on any atom is -0.496 e. The largest absolute Gasteiger partial charge is 0.496 e. The van der Waals surface area contributed by atoms with Gasteiger partial charge in [0.25, 0.3) is 0 Å². The number of hydrogen-bond donors (Lipinski definition) is 2. The molecule has 1 aliphatic rings. The third kappa shape index (κ3) is 4.49. The van der Waals surface area contributed by atoms with Crippen molar-refractivity contribution in [2.45, 2.75) is 36.6 Å². The predicted molar refractivity (Wildman–Crippen MR) is 88.0 cm³/mol. The molecule has 0 bridgehead atoms. The van der Waals surface area contributed by atoms with E-state index in [4.69, 9.17) is 9.84 Å². The molecule has 0 unspecified atom stereocenters. The van der Waals surface area contributed by atoms with Gasteiger partial charge < -0.3 is 14.6 Å². The minimum atomic E-state index is -3.85. The van der Waals surface area contributed by atoms with Gasteiger partial charge in [-0.3, -0.25) is 4.79 Å². The SMILES string of the molecule is COC(=O)c1cc(S(=O)(=O)NC2CCC(C(=O)O)CC2)ccc1OC. The highest BCUT2D eigenvalue weighted by Gasteiger charge is 2.29. The van der Waals surface area contributed by atoms with E-state index in [1.807, 2.05) is 0 Å². The van der Waals surface area contributed by atoms with E-state index in [1.54, 1.807) is 0 Å². The molecule has 0 aliphatic heterocycles. The summed E-state index contributed by atoms with van der Waals surface area (Å²) in [5, 5.41) is 9.00. The van der Waals surface area contributed by atoms with Crippen molar-refractivity contribution in [3.8, 4) is 5.75 Å². The lowest BCUT2D eigenvalue weighted by atomic mass is 9.87. The van der Waals surface area contributed by atoms with Gasteiger partial charge in [0.1, 0.15) is 11.3 Å². The van der Waals surface area contributed by atoms with Crippen LogP contribution in [0.1, 0.15) is 36.0 Å². The summed E-state index contributed by atoms with van der Waals surface area (Å²) in [5.74, 6) is -1.75. The highest BCUT2D eigenvalue weighted by atomic mass is 32.2. The van der Waals surface area contributed by atoms with Crippen molar-refractivity contribution in [2.24, 2.45) is 5.92 Å². The van der Waals surface area contributed by atoms with Crippen molar-refractivity contribution in [3.05, 3.63) is 23.8 Å². The van der Waals surface area contributed by atoms with Gasteiger partial charge in [0.05, 0.1) is 25.0 Å². The molecule has 0 amide bonds. The van der Waals surface area contributed by atoms with Crippen LogP contribution in [-0.2, 0) is 19.6 Å². The predicted octanol–water partition coefficient (Wildman–Crippen LogP) is 1.40. The van der Waals surface area contributed by atoms with E-state index in [2.05, 4.69) is 9.46 Å². The number of ether oxygens (including phenoxy) is 2. The number of carbonyl (C=O) groups is 2. The smallest absolute Gasteiger partial charge is 0.341 e. The molecule has 9 heteroatoms. The van der Waals surface area contributed by atoms with Gasteiger partial charge in [-0.25, -0.2) is 17.9 Å². The molecule has 138 valence electrons. The van der Waals surface area contributed by atoms with Crippen LogP contribution in [-0.4, -0.2) is 45.7 Å². The second kappa shape index (κ2) is 7.83. The second-order valence-corrected chi connectivity index (χ2v) is 7.58. The molecule has 0 saturated heterocycles. The molecular weight excluding hydrogens is 350 g/mol. The van der Waals surface area contributed by atoms with E-state index in [1.165, 1.54) is 32.4 Å². The summed E-state index contributed by atoms with van der Waals surface area (Å²) in [6, 6.07) is 3.61. The van der Waals surface area contributed by atoms with Crippen LogP contribution in [0.25, 0.3) is 0 Å². The first kappa shape index (κ1) is 19.2. The quantitative estimate of drug-likeness (QED) is 0.726. The number of carbonyl (C=O) groups excluding carboxylic acids is 1. The molecule has 0 heterocycles. The molecule has 0 aromatic heterocycles. The molecule has 1 saturated carbocycles. The average molecular weight is 371 g/mol. The Kier molecular flexibility index (Phi) is 6.02. The number of hydrogen-bond acceptors (Lipinski definition) is 6. The molecule has 2 rings (SSSR count). The lowest BCUT2D eigenvalue weighted by molar-refractivity contribution is -0.142. The maximum atomic E-state index is 12.6. The molecule has 1 aliphatic carbocycles. The average Bonchev–Trinajstić information content (AvgIpc) is 2.60. The molecule has 0 radical (unpaired) electrons. The van der Waals surface area contributed by atoms with Gasteiger partial charge in [0, 0.05) is 6.04 Å². The maximum Gasteiger partial charge on any atom is 0.341 e. The van der Waals surface area contributed by atoms with Gasteiger partial charge >= 0.3 is 11.9 Å². The van der Waals surface area contributed by atoms with E-state index in [-0.39, 0.29) is 22.3 Å². The summed E-state index contributed by atoms with van der Waals surface area (Å²) in [4.78, 5) is 22.7. The molecule has 2 N–H and O–H groups in total. The number of carboxylic acid groups (broad SMARTS) is 1. The summed E-state index contributed by atoms with van der Waals surface area (Å²) >= 11 is 0. The zero-order valence-corrected chi connectivity index (χ0v) is 14.8. The Morgan fingerprint density at radius 3 is 2.32 bits per heavy atom. The Hall–Kier alpha value is -2.13. The van der Waals surface area contributed by atoms with Crippen molar-refractivity contribution in [3.63, 3.8) is 0 Å². The number of rotatable bonds is 6. The highest BCUT2D eigenvalue weighted by Crippen LogP contribution is 2.27. The van der Waals surface area contributed by atoms with Crippen molar-refractivity contribution in [1.82, 2.24) is 4.72 Å². The molecule has 1 aromatic rings. The fourth-order valence-corrected chi connectivity index (χ4v) is 4.20. The number of sulfonamides is 1. The summed E-state index contributed by atoms with van der Waals surface area (Å²) in [7, 11) is -1.28. The van der Waals surface area contributed by atoms with Crippen LogP contribution in [0.2, 0.25) is 0 Å². The van der Waals surface area contributed by atoms with Gasteiger partial charge in [-0.2, -0.15) is 0 Å². The lowest BCUT2D eigenvalue weighted by Crippen LogP contribution is -2.38. The fourth-order valence-electron chi connectivity index (χ4n) is 2.87. The van der Waals surface area contributed by atoms with Crippen molar-refractivity contribution >= 4 is 22.0 Å². The Balaban J connectivity index is 2.17. The first-order valence-electron chi connectivity index (χ1n) is 7.80. The number of methoxy groups -OCH3 is 2. The Morgan fingerprint density at radius 2 is 1.80 bits per heavy atom. The van der Waals surface area contributed by atoms with Gasteiger partial charge in [0.2, 0.25) is 10.0 Å². The Bertz CT molecular complexity index is 752. The third-order valence-electron chi connectivity index (χ3n) is 4.28. The Morgan fingerprint density at radius 1 is 1.16 bits per heavy atom. The molecule has 8 nitrogen and oxygen atoms in total.